The van der Waals surface area contributed by atoms with Crippen LogP contribution in [-0.2, 0) is 6.42 Å². The van der Waals surface area contributed by atoms with Crippen molar-refractivity contribution in [2.45, 2.75) is 13.3 Å². The normalized spacial score (nSPS) is 10.5. The van der Waals surface area contributed by atoms with Gasteiger partial charge in [-0.2, -0.15) is 0 Å². The summed E-state index contributed by atoms with van der Waals surface area (Å²) >= 11 is 9.05. The molecule has 1 aromatic heterocycles. The summed E-state index contributed by atoms with van der Waals surface area (Å²) in [6.45, 7) is 2.02. The molecule has 1 heterocycles. The van der Waals surface area contributed by atoms with E-state index in [2.05, 4.69) is 31.4 Å². The van der Waals surface area contributed by atoms with E-state index in [1.807, 2.05) is 25.1 Å². The van der Waals surface area contributed by atoms with Gasteiger partial charge in [0.1, 0.15) is 0 Å². The number of hydrogen-bond acceptors (Lipinski definition) is 4. The number of halogens is 2. The number of benzene rings is 1. The molecule has 6 heteroatoms. The summed E-state index contributed by atoms with van der Waals surface area (Å²) in [6, 6.07) is 6.35. The first-order valence-corrected chi connectivity index (χ1v) is 6.43. The number of aryl methyl sites for hydroxylation is 2. The second-order valence-corrected chi connectivity index (χ2v) is 4.78. The van der Waals surface area contributed by atoms with Crippen molar-refractivity contribution in [1.29, 1.82) is 0 Å². The Morgan fingerprint density at radius 2 is 2.24 bits per heavy atom. The molecule has 0 aliphatic carbocycles. The van der Waals surface area contributed by atoms with Crippen LogP contribution in [0.3, 0.4) is 0 Å². The molecule has 0 aliphatic heterocycles. The SMILES string of the molecule is Cc1ccc(Br)c(Nc2nnc(CCCl)o2)c1. The molecule has 0 spiro atoms. The monoisotopic (exact) mass is 315 g/mol. The van der Waals surface area contributed by atoms with E-state index >= 15 is 0 Å². The molecule has 0 bridgehead atoms. The minimum atomic E-state index is 0.372. The van der Waals surface area contributed by atoms with Gasteiger partial charge in [0.15, 0.2) is 0 Å². The molecule has 90 valence electrons. The van der Waals surface area contributed by atoms with Crippen LogP contribution < -0.4 is 5.32 Å². The highest BCUT2D eigenvalue weighted by Crippen LogP contribution is 2.26. The van der Waals surface area contributed by atoms with Gasteiger partial charge in [0, 0.05) is 16.8 Å². The van der Waals surface area contributed by atoms with Crippen LogP contribution in [0.2, 0.25) is 0 Å². The van der Waals surface area contributed by atoms with E-state index in [0.717, 1.165) is 15.7 Å². The summed E-state index contributed by atoms with van der Waals surface area (Å²) in [6.07, 6.45) is 0.575. The molecule has 4 nitrogen and oxygen atoms in total. The van der Waals surface area contributed by atoms with Gasteiger partial charge >= 0.3 is 6.01 Å². The Morgan fingerprint density at radius 3 is 3.00 bits per heavy atom. The van der Waals surface area contributed by atoms with Crippen molar-refractivity contribution in [3.05, 3.63) is 34.1 Å². The molecular formula is C11H11BrClN3O. The molecule has 0 unspecified atom stereocenters. The molecule has 0 atom stereocenters. The fraction of sp³-hybridized carbons (Fsp3) is 0.273. The summed E-state index contributed by atoms with van der Waals surface area (Å²) < 4.78 is 6.33. The predicted octanol–water partition coefficient (Wildman–Crippen LogP) is 3.67. The minimum absolute atomic E-state index is 0.372. The lowest BCUT2D eigenvalue weighted by Gasteiger charge is -2.04. The van der Waals surface area contributed by atoms with E-state index in [4.69, 9.17) is 16.0 Å². The molecule has 2 rings (SSSR count). The first-order chi connectivity index (χ1) is 8.19. The molecule has 0 saturated heterocycles. The molecular weight excluding hydrogens is 305 g/mol. The Balaban J connectivity index is 2.16. The Kier molecular flexibility index (Phi) is 4.02. The van der Waals surface area contributed by atoms with Crippen LogP contribution in [0.4, 0.5) is 11.7 Å². The van der Waals surface area contributed by atoms with Crippen molar-refractivity contribution >= 4 is 39.2 Å². The standard InChI is InChI=1S/C11H11BrClN3O/c1-7-2-3-8(12)9(6-7)14-11-16-15-10(17-11)4-5-13/h2-3,6H,4-5H2,1H3,(H,14,16). The lowest BCUT2D eigenvalue weighted by atomic mass is 10.2. The maximum Gasteiger partial charge on any atom is 0.320 e. The van der Waals surface area contributed by atoms with E-state index in [0.29, 0.717) is 24.2 Å². The summed E-state index contributed by atoms with van der Waals surface area (Å²) in [4.78, 5) is 0. The van der Waals surface area contributed by atoms with Crippen LogP contribution in [0.25, 0.3) is 0 Å². The van der Waals surface area contributed by atoms with Crippen LogP contribution in [-0.4, -0.2) is 16.1 Å². The molecule has 2 aromatic rings. The summed E-state index contributed by atoms with van der Waals surface area (Å²) in [5, 5.41) is 10.8. The van der Waals surface area contributed by atoms with Gasteiger partial charge in [0.25, 0.3) is 0 Å². The molecule has 0 fully saturated rings. The van der Waals surface area contributed by atoms with Crippen molar-refractivity contribution in [3.8, 4) is 0 Å². The first kappa shape index (κ1) is 12.4. The lowest BCUT2D eigenvalue weighted by molar-refractivity contribution is 0.516. The molecule has 0 saturated carbocycles. The second kappa shape index (κ2) is 5.51. The topological polar surface area (TPSA) is 51.0 Å². The van der Waals surface area contributed by atoms with Gasteiger partial charge in [-0.25, -0.2) is 0 Å². The van der Waals surface area contributed by atoms with Gasteiger partial charge in [-0.3, -0.25) is 0 Å². The molecule has 0 radical (unpaired) electrons. The zero-order valence-corrected chi connectivity index (χ0v) is 11.5. The van der Waals surface area contributed by atoms with E-state index in [1.54, 1.807) is 0 Å². The predicted molar refractivity (Wildman–Crippen MR) is 70.9 cm³/mol. The van der Waals surface area contributed by atoms with Crippen LogP contribution in [0.15, 0.2) is 27.1 Å². The van der Waals surface area contributed by atoms with Crippen molar-refractivity contribution < 1.29 is 4.42 Å². The third-order valence-corrected chi connectivity index (χ3v) is 3.02. The third-order valence-electron chi connectivity index (χ3n) is 2.14. The fourth-order valence-corrected chi connectivity index (χ4v) is 1.84. The van der Waals surface area contributed by atoms with Crippen molar-refractivity contribution in [2.24, 2.45) is 0 Å². The van der Waals surface area contributed by atoms with Crippen LogP contribution in [0, 0.1) is 6.92 Å². The summed E-state index contributed by atoms with van der Waals surface area (Å²) in [5.74, 6) is 1.00. The molecule has 1 N–H and O–H groups in total. The zero-order valence-electron chi connectivity index (χ0n) is 9.20. The van der Waals surface area contributed by atoms with Crippen molar-refractivity contribution in [3.63, 3.8) is 0 Å². The van der Waals surface area contributed by atoms with Gasteiger partial charge in [0.2, 0.25) is 5.89 Å². The largest absolute Gasteiger partial charge is 0.408 e. The second-order valence-electron chi connectivity index (χ2n) is 3.55. The number of rotatable bonds is 4. The molecule has 17 heavy (non-hydrogen) atoms. The van der Waals surface area contributed by atoms with Crippen LogP contribution in [0.1, 0.15) is 11.5 Å². The van der Waals surface area contributed by atoms with Gasteiger partial charge in [-0.05, 0) is 40.5 Å². The highest BCUT2D eigenvalue weighted by Gasteiger charge is 2.07. The molecule has 0 aliphatic rings. The van der Waals surface area contributed by atoms with E-state index < -0.39 is 0 Å². The number of hydrogen-bond donors (Lipinski definition) is 1. The van der Waals surface area contributed by atoms with E-state index in [9.17, 15) is 0 Å². The van der Waals surface area contributed by atoms with Crippen LogP contribution >= 0.6 is 27.5 Å². The Morgan fingerprint density at radius 1 is 1.41 bits per heavy atom. The Bertz CT molecular complexity index is 515. The number of alkyl halides is 1. The maximum atomic E-state index is 5.60. The summed E-state index contributed by atoms with van der Waals surface area (Å²) in [7, 11) is 0. The fourth-order valence-electron chi connectivity index (χ4n) is 1.34. The average Bonchev–Trinajstić information content (AvgIpc) is 2.72. The number of nitrogens with one attached hydrogen (secondary N) is 1. The van der Waals surface area contributed by atoms with Gasteiger partial charge in [0.05, 0.1) is 5.69 Å². The number of aromatic nitrogens is 2. The molecule has 1 aromatic carbocycles. The lowest BCUT2D eigenvalue weighted by Crippen LogP contribution is -1.92. The highest BCUT2D eigenvalue weighted by atomic mass is 79.9. The highest BCUT2D eigenvalue weighted by molar-refractivity contribution is 9.10. The van der Waals surface area contributed by atoms with Crippen LogP contribution in [0.5, 0.6) is 0 Å². The third kappa shape index (κ3) is 3.20. The Hall–Kier alpha value is -1.07. The molecule has 0 amide bonds. The van der Waals surface area contributed by atoms with Crippen molar-refractivity contribution in [2.75, 3.05) is 11.2 Å². The van der Waals surface area contributed by atoms with Gasteiger partial charge in [-0.15, -0.1) is 16.7 Å². The number of anilines is 2. The minimum Gasteiger partial charge on any atom is -0.408 e. The number of nitrogens with zero attached hydrogens (tertiary/aromatic N) is 2. The quantitative estimate of drug-likeness (QED) is 0.875. The smallest absolute Gasteiger partial charge is 0.320 e. The Labute approximate surface area is 113 Å². The van der Waals surface area contributed by atoms with Crippen molar-refractivity contribution in [1.82, 2.24) is 10.2 Å². The van der Waals surface area contributed by atoms with Gasteiger partial charge < -0.3 is 9.73 Å². The maximum absolute atomic E-state index is 5.60. The van der Waals surface area contributed by atoms with E-state index in [1.165, 1.54) is 0 Å². The zero-order chi connectivity index (χ0) is 12.3. The average molecular weight is 317 g/mol. The first-order valence-electron chi connectivity index (χ1n) is 5.10. The van der Waals surface area contributed by atoms with E-state index in [-0.39, 0.29) is 0 Å². The summed E-state index contributed by atoms with van der Waals surface area (Å²) in [5.41, 5.74) is 2.04. The van der Waals surface area contributed by atoms with Gasteiger partial charge in [-0.1, -0.05) is 11.2 Å².